The number of halogens is 1. The first-order valence-electron chi connectivity index (χ1n) is 7.89. The van der Waals surface area contributed by atoms with Crippen molar-refractivity contribution in [2.75, 3.05) is 11.9 Å². The molecule has 3 amide bonds. The SMILES string of the molecule is CC(C)(C)NC(=O)CNC(=O)c1ccc(Cl)c(NC(=O)c2cccs2)c1. The van der Waals surface area contributed by atoms with E-state index in [4.69, 9.17) is 11.6 Å². The van der Waals surface area contributed by atoms with Gasteiger partial charge in [0.1, 0.15) is 0 Å². The van der Waals surface area contributed by atoms with Crippen molar-refractivity contribution in [1.82, 2.24) is 10.6 Å². The third kappa shape index (κ3) is 5.86. The predicted octanol–water partition coefficient (Wildman–Crippen LogP) is 3.30. The molecule has 2 aromatic rings. The van der Waals surface area contributed by atoms with Gasteiger partial charge in [0.2, 0.25) is 5.91 Å². The molecule has 1 heterocycles. The number of carbonyl (C=O) groups is 3. The number of hydrogen-bond acceptors (Lipinski definition) is 4. The van der Waals surface area contributed by atoms with Crippen LogP contribution in [0.2, 0.25) is 5.02 Å². The van der Waals surface area contributed by atoms with Crippen LogP contribution in [0.25, 0.3) is 0 Å². The minimum absolute atomic E-state index is 0.143. The van der Waals surface area contributed by atoms with Gasteiger partial charge < -0.3 is 16.0 Å². The third-order valence-electron chi connectivity index (χ3n) is 3.15. The lowest BCUT2D eigenvalue weighted by Gasteiger charge is -2.20. The van der Waals surface area contributed by atoms with Gasteiger partial charge in [-0.05, 0) is 50.4 Å². The van der Waals surface area contributed by atoms with Crippen molar-refractivity contribution < 1.29 is 14.4 Å². The van der Waals surface area contributed by atoms with Crippen LogP contribution in [0.3, 0.4) is 0 Å². The number of carbonyl (C=O) groups excluding carboxylic acids is 3. The van der Waals surface area contributed by atoms with Gasteiger partial charge in [0.25, 0.3) is 11.8 Å². The topological polar surface area (TPSA) is 87.3 Å². The number of hydrogen-bond donors (Lipinski definition) is 3. The molecular weight excluding hydrogens is 374 g/mol. The van der Waals surface area contributed by atoms with Crippen LogP contribution in [-0.2, 0) is 4.79 Å². The molecule has 0 fully saturated rings. The van der Waals surface area contributed by atoms with Crippen LogP contribution in [0.4, 0.5) is 5.69 Å². The zero-order chi connectivity index (χ0) is 19.3. The van der Waals surface area contributed by atoms with Gasteiger partial charge >= 0.3 is 0 Å². The summed E-state index contributed by atoms with van der Waals surface area (Å²) in [5, 5.41) is 10.1. The first-order valence-corrected chi connectivity index (χ1v) is 9.15. The Bertz CT molecular complexity index is 814. The molecule has 0 atom stereocenters. The molecular formula is C18H20ClN3O3S. The highest BCUT2D eigenvalue weighted by Crippen LogP contribution is 2.24. The van der Waals surface area contributed by atoms with Gasteiger partial charge in [0, 0.05) is 11.1 Å². The van der Waals surface area contributed by atoms with Gasteiger partial charge in [-0.1, -0.05) is 17.7 Å². The molecule has 0 spiro atoms. The normalized spacial score (nSPS) is 10.9. The summed E-state index contributed by atoms with van der Waals surface area (Å²) in [6, 6.07) is 7.99. The monoisotopic (exact) mass is 393 g/mol. The Hall–Kier alpha value is -2.38. The summed E-state index contributed by atoms with van der Waals surface area (Å²) < 4.78 is 0. The van der Waals surface area contributed by atoms with E-state index in [0.717, 1.165) is 0 Å². The summed E-state index contributed by atoms with van der Waals surface area (Å²) >= 11 is 7.40. The van der Waals surface area contributed by atoms with Crippen molar-refractivity contribution in [2.45, 2.75) is 26.3 Å². The van der Waals surface area contributed by atoms with E-state index in [2.05, 4.69) is 16.0 Å². The fraction of sp³-hybridized carbons (Fsp3) is 0.278. The highest BCUT2D eigenvalue weighted by Gasteiger charge is 2.16. The van der Waals surface area contributed by atoms with Crippen LogP contribution in [-0.4, -0.2) is 29.8 Å². The molecule has 0 aliphatic carbocycles. The standard InChI is InChI=1S/C18H20ClN3O3S/c1-18(2,3)22-15(23)10-20-16(24)11-6-7-12(19)13(9-11)21-17(25)14-5-4-8-26-14/h4-9H,10H2,1-3H3,(H,20,24)(H,21,25)(H,22,23). The molecule has 1 aromatic carbocycles. The second-order valence-corrected chi connectivity index (χ2v) is 7.96. The molecule has 0 saturated heterocycles. The maximum Gasteiger partial charge on any atom is 0.265 e. The van der Waals surface area contributed by atoms with E-state index >= 15 is 0 Å². The van der Waals surface area contributed by atoms with E-state index in [1.165, 1.54) is 29.5 Å². The smallest absolute Gasteiger partial charge is 0.265 e. The lowest BCUT2D eigenvalue weighted by atomic mass is 10.1. The lowest BCUT2D eigenvalue weighted by molar-refractivity contribution is -0.121. The zero-order valence-corrected chi connectivity index (χ0v) is 16.3. The van der Waals surface area contributed by atoms with Gasteiger partial charge in [0.05, 0.1) is 22.1 Å². The van der Waals surface area contributed by atoms with Crippen molar-refractivity contribution >= 4 is 46.3 Å². The quantitative estimate of drug-likeness (QED) is 0.728. The predicted molar refractivity (Wildman–Crippen MR) is 104 cm³/mol. The van der Waals surface area contributed by atoms with E-state index in [1.807, 2.05) is 20.8 Å². The van der Waals surface area contributed by atoms with Crippen LogP contribution in [0.1, 0.15) is 40.8 Å². The minimum Gasteiger partial charge on any atom is -0.350 e. The van der Waals surface area contributed by atoms with Crippen molar-refractivity contribution in [2.24, 2.45) is 0 Å². The Labute approximate surface area is 160 Å². The number of benzene rings is 1. The molecule has 0 saturated carbocycles. The summed E-state index contributed by atoms with van der Waals surface area (Å²) in [7, 11) is 0. The Balaban J connectivity index is 2.02. The molecule has 0 aliphatic heterocycles. The number of rotatable bonds is 5. The van der Waals surface area contributed by atoms with Crippen LogP contribution in [0.15, 0.2) is 35.7 Å². The summed E-state index contributed by atoms with van der Waals surface area (Å²) in [6.45, 7) is 5.42. The maximum atomic E-state index is 12.2. The second kappa shape index (κ2) is 8.33. The van der Waals surface area contributed by atoms with Gasteiger partial charge in [-0.25, -0.2) is 0 Å². The lowest BCUT2D eigenvalue weighted by Crippen LogP contribution is -2.45. The van der Waals surface area contributed by atoms with Crippen LogP contribution in [0.5, 0.6) is 0 Å². The van der Waals surface area contributed by atoms with Crippen LogP contribution in [0, 0.1) is 0 Å². The van der Waals surface area contributed by atoms with Crippen molar-refractivity contribution in [3.8, 4) is 0 Å². The number of nitrogens with one attached hydrogen (secondary N) is 3. The molecule has 1 aromatic heterocycles. The van der Waals surface area contributed by atoms with Crippen LogP contribution >= 0.6 is 22.9 Å². The molecule has 0 radical (unpaired) electrons. The van der Waals surface area contributed by atoms with Crippen molar-refractivity contribution in [1.29, 1.82) is 0 Å². The van der Waals surface area contributed by atoms with Crippen molar-refractivity contribution in [3.05, 3.63) is 51.2 Å². The fourth-order valence-corrected chi connectivity index (χ4v) is 2.86. The summed E-state index contributed by atoms with van der Waals surface area (Å²) in [6.07, 6.45) is 0. The van der Waals surface area contributed by atoms with E-state index < -0.39 is 5.91 Å². The van der Waals surface area contributed by atoms with E-state index in [9.17, 15) is 14.4 Å². The fourth-order valence-electron chi connectivity index (χ4n) is 2.08. The molecule has 6 nitrogen and oxygen atoms in total. The van der Waals surface area contributed by atoms with Gasteiger partial charge in [-0.2, -0.15) is 0 Å². The van der Waals surface area contributed by atoms with E-state index in [1.54, 1.807) is 17.5 Å². The summed E-state index contributed by atoms with van der Waals surface area (Å²) in [5.41, 5.74) is 0.248. The van der Waals surface area contributed by atoms with E-state index in [-0.39, 0.29) is 23.9 Å². The number of anilines is 1. The Morgan fingerprint density at radius 3 is 2.46 bits per heavy atom. The molecule has 2 rings (SSSR count). The van der Waals surface area contributed by atoms with E-state index in [0.29, 0.717) is 21.2 Å². The molecule has 0 bridgehead atoms. The Morgan fingerprint density at radius 1 is 1.12 bits per heavy atom. The van der Waals surface area contributed by atoms with Crippen LogP contribution < -0.4 is 16.0 Å². The first-order chi connectivity index (χ1) is 12.2. The third-order valence-corrected chi connectivity index (χ3v) is 4.34. The van der Waals surface area contributed by atoms with Gasteiger partial charge in [-0.15, -0.1) is 11.3 Å². The molecule has 3 N–H and O–H groups in total. The maximum absolute atomic E-state index is 12.2. The largest absolute Gasteiger partial charge is 0.350 e. The summed E-state index contributed by atoms with van der Waals surface area (Å²) in [5.74, 6) is -1.02. The number of amides is 3. The molecule has 26 heavy (non-hydrogen) atoms. The average molecular weight is 394 g/mol. The van der Waals surface area contributed by atoms with Crippen molar-refractivity contribution in [3.63, 3.8) is 0 Å². The first kappa shape index (κ1) is 19.9. The molecule has 8 heteroatoms. The molecule has 0 aliphatic rings. The number of thiophene rings is 1. The van der Waals surface area contributed by atoms with Gasteiger partial charge in [0.15, 0.2) is 0 Å². The molecule has 0 unspecified atom stereocenters. The van der Waals surface area contributed by atoms with Gasteiger partial charge in [-0.3, -0.25) is 14.4 Å². The zero-order valence-electron chi connectivity index (χ0n) is 14.7. The minimum atomic E-state index is -0.433. The Kier molecular flexibility index (Phi) is 6.39. The summed E-state index contributed by atoms with van der Waals surface area (Å²) in [4.78, 5) is 36.7. The highest BCUT2D eigenvalue weighted by molar-refractivity contribution is 7.12. The second-order valence-electron chi connectivity index (χ2n) is 6.61. The Morgan fingerprint density at radius 2 is 1.85 bits per heavy atom. The molecule has 138 valence electrons. The average Bonchev–Trinajstić information content (AvgIpc) is 3.07. The highest BCUT2D eigenvalue weighted by atomic mass is 35.5.